The number of nitrogens with one attached hydrogen (secondary N) is 1. The van der Waals surface area contributed by atoms with Crippen molar-refractivity contribution in [1.29, 1.82) is 0 Å². The number of halogens is 6. The molecule has 1 aromatic heterocycles. The Morgan fingerprint density at radius 1 is 1.00 bits per heavy atom. The molecule has 0 unspecified atom stereocenters. The van der Waals surface area contributed by atoms with Crippen LogP contribution in [-0.4, -0.2) is 16.3 Å². The van der Waals surface area contributed by atoms with Crippen LogP contribution < -0.4 is 5.32 Å². The van der Waals surface area contributed by atoms with E-state index in [-0.39, 0.29) is 10.7 Å². The van der Waals surface area contributed by atoms with Gasteiger partial charge >= 0.3 is 6.18 Å². The van der Waals surface area contributed by atoms with Gasteiger partial charge in [0.1, 0.15) is 5.82 Å². The summed E-state index contributed by atoms with van der Waals surface area (Å²) in [6, 6.07) is 8.18. The molecule has 0 radical (unpaired) electrons. The number of fused-ring (bicyclic) bond motifs is 1. The first-order valence-electron chi connectivity index (χ1n) is 7.94. The standard InChI is InChI=1S/C18H11Cl3F3N3/c19-10-2-3-11(14(21)8-10)16-12-5-6-25-17(12)27(26-16)15-7-9(18(22,23)24)1-4-13(15)20/h1-4,7-8,25H,5-6H2. The molecule has 0 amide bonds. The van der Waals surface area contributed by atoms with Gasteiger partial charge in [-0.2, -0.15) is 18.3 Å². The summed E-state index contributed by atoms with van der Waals surface area (Å²) >= 11 is 18.5. The lowest BCUT2D eigenvalue weighted by molar-refractivity contribution is -0.137. The van der Waals surface area contributed by atoms with E-state index in [9.17, 15) is 13.2 Å². The minimum absolute atomic E-state index is 0.147. The highest BCUT2D eigenvalue weighted by molar-refractivity contribution is 6.36. The van der Waals surface area contributed by atoms with Crippen LogP contribution in [0.15, 0.2) is 36.4 Å². The zero-order valence-corrected chi connectivity index (χ0v) is 15.8. The Hall–Kier alpha value is -1.89. The van der Waals surface area contributed by atoms with E-state index in [2.05, 4.69) is 10.4 Å². The Morgan fingerprint density at radius 2 is 1.78 bits per heavy atom. The van der Waals surface area contributed by atoms with Crippen molar-refractivity contribution >= 4 is 40.6 Å². The normalized spacial score (nSPS) is 13.6. The molecule has 4 rings (SSSR count). The van der Waals surface area contributed by atoms with E-state index in [4.69, 9.17) is 34.8 Å². The quantitative estimate of drug-likeness (QED) is 0.502. The van der Waals surface area contributed by atoms with Gasteiger partial charge in [0.15, 0.2) is 0 Å². The molecule has 2 heterocycles. The largest absolute Gasteiger partial charge is 0.416 e. The summed E-state index contributed by atoms with van der Waals surface area (Å²) in [5.41, 5.74) is 1.46. The third-order valence-electron chi connectivity index (χ3n) is 4.34. The van der Waals surface area contributed by atoms with E-state index >= 15 is 0 Å². The summed E-state index contributed by atoms with van der Waals surface area (Å²) < 4.78 is 40.8. The maximum absolute atomic E-state index is 13.1. The van der Waals surface area contributed by atoms with Crippen LogP contribution in [0.5, 0.6) is 0 Å². The third kappa shape index (κ3) is 3.26. The van der Waals surface area contributed by atoms with Crippen molar-refractivity contribution in [3.05, 3.63) is 62.6 Å². The molecule has 0 aliphatic carbocycles. The SMILES string of the molecule is FC(F)(F)c1ccc(Cl)c(-n2nc(-c3ccc(Cl)cc3Cl)c3c2NCC3)c1. The smallest absolute Gasteiger partial charge is 0.369 e. The Morgan fingerprint density at radius 3 is 2.48 bits per heavy atom. The van der Waals surface area contributed by atoms with Crippen LogP contribution in [-0.2, 0) is 12.6 Å². The molecule has 27 heavy (non-hydrogen) atoms. The fraction of sp³-hybridized carbons (Fsp3) is 0.167. The summed E-state index contributed by atoms with van der Waals surface area (Å²) in [4.78, 5) is 0. The lowest BCUT2D eigenvalue weighted by Gasteiger charge is -2.12. The predicted octanol–water partition coefficient (Wildman–Crippen LogP) is 6.49. The first kappa shape index (κ1) is 18.5. The van der Waals surface area contributed by atoms with Gasteiger partial charge in [0.2, 0.25) is 0 Å². The van der Waals surface area contributed by atoms with E-state index in [0.29, 0.717) is 40.1 Å². The highest BCUT2D eigenvalue weighted by atomic mass is 35.5. The van der Waals surface area contributed by atoms with Crippen LogP contribution >= 0.6 is 34.8 Å². The van der Waals surface area contributed by atoms with Crippen LogP contribution in [0.2, 0.25) is 15.1 Å². The van der Waals surface area contributed by atoms with Crippen molar-refractivity contribution in [2.45, 2.75) is 12.6 Å². The zero-order chi connectivity index (χ0) is 19.3. The van der Waals surface area contributed by atoms with Crippen LogP contribution in [0, 0.1) is 0 Å². The van der Waals surface area contributed by atoms with E-state index in [1.807, 2.05) is 0 Å². The maximum atomic E-state index is 13.1. The predicted molar refractivity (Wildman–Crippen MR) is 101 cm³/mol. The number of aromatic nitrogens is 2. The lowest BCUT2D eigenvalue weighted by atomic mass is 10.1. The molecule has 1 N–H and O–H groups in total. The molecule has 0 fully saturated rings. The van der Waals surface area contributed by atoms with Crippen LogP contribution in [0.3, 0.4) is 0 Å². The number of hydrogen-bond donors (Lipinski definition) is 1. The molecule has 0 saturated carbocycles. The summed E-state index contributed by atoms with van der Waals surface area (Å²) in [6.07, 6.45) is -3.81. The highest BCUT2D eigenvalue weighted by Gasteiger charge is 2.32. The van der Waals surface area contributed by atoms with Crippen LogP contribution in [0.1, 0.15) is 11.1 Å². The summed E-state index contributed by atoms with van der Waals surface area (Å²) in [6.45, 7) is 0.641. The van der Waals surface area contributed by atoms with Gasteiger partial charge < -0.3 is 5.32 Å². The van der Waals surface area contributed by atoms with Gasteiger partial charge in [-0.3, -0.25) is 0 Å². The maximum Gasteiger partial charge on any atom is 0.416 e. The molecule has 2 aromatic carbocycles. The lowest BCUT2D eigenvalue weighted by Crippen LogP contribution is -2.09. The molecule has 1 aliphatic heterocycles. The molecule has 0 atom stereocenters. The Balaban J connectivity index is 1.92. The molecule has 1 aliphatic rings. The minimum atomic E-state index is -4.48. The van der Waals surface area contributed by atoms with Gasteiger partial charge in [-0.15, -0.1) is 0 Å². The Labute approximate surface area is 167 Å². The van der Waals surface area contributed by atoms with E-state index < -0.39 is 11.7 Å². The van der Waals surface area contributed by atoms with Crippen molar-refractivity contribution in [1.82, 2.24) is 9.78 Å². The number of rotatable bonds is 2. The molecular formula is C18H11Cl3F3N3. The van der Waals surface area contributed by atoms with E-state index in [0.717, 1.165) is 17.7 Å². The van der Waals surface area contributed by atoms with Crippen LogP contribution in [0.25, 0.3) is 16.9 Å². The second kappa shape index (κ2) is 6.62. The molecule has 3 nitrogen and oxygen atoms in total. The summed E-state index contributed by atoms with van der Waals surface area (Å²) in [5, 5.41) is 8.75. The summed E-state index contributed by atoms with van der Waals surface area (Å²) in [7, 11) is 0. The van der Waals surface area contributed by atoms with Gasteiger partial charge in [0.05, 0.1) is 27.0 Å². The zero-order valence-electron chi connectivity index (χ0n) is 13.5. The van der Waals surface area contributed by atoms with Crippen molar-refractivity contribution < 1.29 is 13.2 Å². The van der Waals surface area contributed by atoms with E-state index in [1.165, 1.54) is 10.7 Å². The topological polar surface area (TPSA) is 29.9 Å². The second-order valence-corrected chi connectivity index (χ2v) is 7.30. The average molecular weight is 433 g/mol. The minimum Gasteiger partial charge on any atom is -0.369 e. The first-order valence-corrected chi connectivity index (χ1v) is 9.07. The van der Waals surface area contributed by atoms with Gasteiger partial charge in [0, 0.05) is 22.7 Å². The molecule has 0 saturated heterocycles. The van der Waals surface area contributed by atoms with Gasteiger partial charge in [-0.1, -0.05) is 34.8 Å². The van der Waals surface area contributed by atoms with Gasteiger partial charge in [0.25, 0.3) is 0 Å². The van der Waals surface area contributed by atoms with Crippen molar-refractivity contribution in [3.8, 4) is 16.9 Å². The Kier molecular flexibility index (Phi) is 4.53. The molecular weight excluding hydrogens is 422 g/mol. The molecule has 0 bridgehead atoms. The van der Waals surface area contributed by atoms with Crippen molar-refractivity contribution in [2.24, 2.45) is 0 Å². The fourth-order valence-electron chi connectivity index (χ4n) is 3.10. The molecule has 140 valence electrons. The second-order valence-electron chi connectivity index (χ2n) is 6.05. The average Bonchev–Trinajstić information content (AvgIpc) is 3.17. The fourth-order valence-corrected chi connectivity index (χ4v) is 3.79. The number of anilines is 1. The highest BCUT2D eigenvalue weighted by Crippen LogP contribution is 2.40. The van der Waals surface area contributed by atoms with Crippen molar-refractivity contribution in [3.63, 3.8) is 0 Å². The monoisotopic (exact) mass is 431 g/mol. The van der Waals surface area contributed by atoms with Gasteiger partial charge in [-0.05, 0) is 42.8 Å². The molecule has 3 aromatic rings. The first-order chi connectivity index (χ1) is 12.8. The number of hydrogen-bond acceptors (Lipinski definition) is 2. The number of benzene rings is 2. The molecule has 9 heteroatoms. The van der Waals surface area contributed by atoms with E-state index in [1.54, 1.807) is 18.2 Å². The van der Waals surface area contributed by atoms with Crippen LogP contribution in [0.4, 0.5) is 19.0 Å². The number of nitrogens with zero attached hydrogens (tertiary/aromatic N) is 2. The summed E-state index contributed by atoms with van der Waals surface area (Å²) in [5.74, 6) is 0.609. The third-order valence-corrected chi connectivity index (χ3v) is 5.21. The molecule has 0 spiro atoms. The van der Waals surface area contributed by atoms with Crippen molar-refractivity contribution in [2.75, 3.05) is 11.9 Å². The Bertz CT molecular complexity index is 1040. The van der Waals surface area contributed by atoms with Gasteiger partial charge in [-0.25, -0.2) is 4.68 Å². The number of alkyl halides is 3.